The quantitative estimate of drug-likeness (QED) is 0.787. The van der Waals surface area contributed by atoms with Crippen molar-refractivity contribution in [3.8, 4) is 0 Å². The first kappa shape index (κ1) is 10.2. The van der Waals surface area contributed by atoms with E-state index in [2.05, 4.69) is 31.4 Å². The fraction of sp³-hybridized carbons (Fsp3) is 0.500. The van der Waals surface area contributed by atoms with Crippen LogP contribution in [0.2, 0.25) is 0 Å². The first-order chi connectivity index (χ1) is 6.27. The number of H-pyrrole nitrogens is 1. The molecular weight excluding hydrogens is 234 g/mol. The summed E-state index contributed by atoms with van der Waals surface area (Å²) < 4.78 is 0. The highest BCUT2D eigenvalue weighted by molar-refractivity contribution is 9.09. The second-order valence-electron chi connectivity index (χ2n) is 2.70. The van der Waals surface area contributed by atoms with E-state index in [4.69, 9.17) is 0 Å². The number of rotatable bonds is 4. The molecule has 2 N–H and O–H groups in total. The summed E-state index contributed by atoms with van der Waals surface area (Å²) in [6.07, 6.45) is 2.47. The van der Waals surface area contributed by atoms with Gasteiger partial charge in [-0.05, 0) is 12.5 Å². The summed E-state index contributed by atoms with van der Waals surface area (Å²) in [6.45, 7) is 2.03. The molecule has 0 aliphatic heterocycles. The summed E-state index contributed by atoms with van der Waals surface area (Å²) >= 11 is 3.33. The molecular formula is C8H12BrN3O. The van der Waals surface area contributed by atoms with Crippen LogP contribution in [-0.4, -0.2) is 27.5 Å². The van der Waals surface area contributed by atoms with Crippen molar-refractivity contribution in [3.63, 3.8) is 0 Å². The molecule has 1 aromatic rings. The number of carbonyl (C=O) groups excluding carboxylic acids is 1. The number of aromatic nitrogens is 2. The largest absolute Gasteiger partial charge is 0.347 e. The van der Waals surface area contributed by atoms with E-state index in [0.29, 0.717) is 5.69 Å². The maximum Gasteiger partial charge on any atom is 0.269 e. The SMILES string of the molecule is CCC(CBr)NC(=O)c1ccn[nH]1. The van der Waals surface area contributed by atoms with Crippen LogP contribution in [-0.2, 0) is 0 Å². The van der Waals surface area contributed by atoms with Gasteiger partial charge in [-0.2, -0.15) is 5.10 Å². The van der Waals surface area contributed by atoms with Crippen LogP contribution in [0.15, 0.2) is 12.3 Å². The molecule has 0 saturated heterocycles. The Morgan fingerprint density at radius 2 is 2.62 bits per heavy atom. The molecule has 1 heterocycles. The van der Waals surface area contributed by atoms with Crippen LogP contribution in [0.4, 0.5) is 0 Å². The van der Waals surface area contributed by atoms with Crippen molar-refractivity contribution in [2.75, 3.05) is 5.33 Å². The molecule has 4 nitrogen and oxygen atoms in total. The van der Waals surface area contributed by atoms with Crippen LogP contribution < -0.4 is 5.32 Å². The Labute approximate surface area is 85.2 Å². The van der Waals surface area contributed by atoms with E-state index in [1.54, 1.807) is 12.3 Å². The van der Waals surface area contributed by atoms with Gasteiger partial charge in [0, 0.05) is 17.6 Å². The maximum absolute atomic E-state index is 11.4. The van der Waals surface area contributed by atoms with Crippen molar-refractivity contribution in [2.24, 2.45) is 0 Å². The average molecular weight is 246 g/mol. The van der Waals surface area contributed by atoms with Crippen molar-refractivity contribution in [1.82, 2.24) is 15.5 Å². The molecule has 5 heteroatoms. The van der Waals surface area contributed by atoms with Crippen molar-refractivity contribution in [3.05, 3.63) is 18.0 Å². The molecule has 0 aliphatic carbocycles. The second kappa shape index (κ2) is 5.01. The first-order valence-electron chi connectivity index (χ1n) is 4.14. The molecule has 0 aliphatic rings. The minimum atomic E-state index is -0.108. The topological polar surface area (TPSA) is 57.8 Å². The van der Waals surface area contributed by atoms with E-state index in [1.165, 1.54) is 0 Å². The van der Waals surface area contributed by atoms with Crippen molar-refractivity contribution in [1.29, 1.82) is 0 Å². The van der Waals surface area contributed by atoms with Crippen LogP contribution in [0.3, 0.4) is 0 Å². The van der Waals surface area contributed by atoms with Gasteiger partial charge in [0.05, 0.1) is 0 Å². The fourth-order valence-corrected chi connectivity index (χ4v) is 1.51. The average Bonchev–Trinajstić information content (AvgIpc) is 2.66. The molecule has 0 spiro atoms. The van der Waals surface area contributed by atoms with E-state index in [0.717, 1.165) is 11.8 Å². The normalized spacial score (nSPS) is 12.5. The smallest absolute Gasteiger partial charge is 0.269 e. The fourth-order valence-electron chi connectivity index (χ4n) is 0.895. The van der Waals surface area contributed by atoms with Crippen LogP contribution in [0.5, 0.6) is 0 Å². The highest BCUT2D eigenvalue weighted by atomic mass is 79.9. The van der Waals surface area contributed by atoms with Gasteiger partial charge in [-0.15, -0.1) is 0 Å². The molecule has 0 saturated carbocycles. The number of aromatic amines is 1. The molecule has 1 aromatic heterocycles. The predicted octanol–water partition coefficient (Wildman–Crippen LogP) is 1.31. The molecule has 1 amide bonds. The third-order valence-electron chi connectivity index (χ3n) is 1.76. The number of amides is 1. The Morgan fingerprint density at radius 3 is 3.08 bits per heavy atom. The van der Waals surface area contributed by atoms with Gasteiger partial charge in [0.2, 0.25) is 0 Å². The van der Waals surface area contributed by atoms with E-state index >= 15 is 0 Å². The third kappa shape index (κ3) is 2.84. The summed E-state index contributed by atoms with van der Waals surface area (Å²) in [5.41, 5.74) is 0.499. The molecule has 0 aromatic carbocycles. The number of alkyl halides is 1. The number of hydrogen-bond acceptors (Lipinski definition) is 2. The highest BCUT2D eigenvalue weighted by Gasteiger charge is 2.11. The second-order valence-corrected chi connectivity index (χ2v) is 3.35. The Kier molecular flexibility index (Phi) is 3.95. The van der Waals surface area contributed by atoms with Gasteiger partial charge < -0.3 is 5.32 Å². The van der Waals surface area contributed by atoms with Crippen LogP contribution in [0.25, 0.3) is 0 Å². The minimum absolute atomic E-state index is 0.108. The summed E-state index contributed by atoms with van der Waals surface area (Å²) in [6, 6.07) is 1.83. The van der Waals surface area contributed by atoms with Crippen molar-refractivity contribution >= 4 is 21.8 Å². The van der Waals surface area contributed by atoms with Crippen molar-refractivity contribution in [2.45, 2.75) is 19.4 Å². The van der Waals surface area contributed by atoms with Gasteiger partial charge in [0.15, 0.2) is 0 Å². The van der Waals surface area contributed by atoms with Crippen LogP contribution in [0.1, 0.15) is 23.8 Å². The monoisotopic (exact) mass is 245 g/mol. The van der Waals surface area contributed by atoms with E-state index < -0.39 is 0 Å². The molecule has 1 atom stereocenters. The molecule has 72 valence electrons. The van der Waals surface area contributed by atoms with Crippen LogP contribution >= 0.6 is 15.9 Å². The lowest BCUT2D eigenvalue weighted by atomic mass is 10.2. The zero-order chi connectivity index (χ0) is 9.68. The summed E-state index contributed by atoms with van der Waals surface area (Å²) in [5.74, 6) is -0.108. The first-order valence-corrected chi connectivity index (χ1v) is 5.26. The van der Waals surface area contributed by atoms with Gasteiger partial charge in [-0.3, -0.25) is 9.89 Å². The van der Waals surface area contributed by atoms with E-state index in [9.17, 15) is 4.79 Å². The number of nitrogens with one attached hydrogen (secondary N) is 2. The lowest BCUT2D eigenvalue weighted by Crippen LogP contribution is -2.35. The lowest BCUT2D eigenvalue weighted by molar-refractivity contribution is 0.0935. The predicted molar refractivity (Wildman–Crippen MR) is 53.9 cm³/mol. The minimum Gasteiger partial charge on any atom is -0.347 e. The Morgan fingerprint density at radius 1 is 1.85 bits per heavy atom. The molecule has 1 rings (SSSR count). The summed E-state index contributed by atoms with van der Waals surface area (Å²) in [4.78, 5) is 11.4. The maximum atomic E-state index is 11.4. The van der Waals surface area contributed by atoms with Gasteiger partial charge in [-0.1, -0.05) is 22.9 Å². The number of halogens is 1. The number of carbonyl (C=O) groups is 1. The van der Waals surface area contributed by atoms with E-state index in [-0.39, 0.29) is 11.9 Å². The standard InChI is InChI=1S/C8H12BrN3O/c1-2-6(5-9)11-8(13)7-3-4-10-12-7/h3-4,6H,2,5H2,1H3,(H,10,12)(H,11,13). The van der Waals surface area contributed by atoms with Gasteiger partial charge in [0.25, 0.3) is 5.91 Å². The lowest BCUT2D eigenvalue weighted by Gasteiger charge is -2.12. The summed E-state index contributed by atoms with van der Waals surface area (Å²) in [7, 11) is 0. The van der Waals surface area contributed by atoms with Gasteiger partial charge >= 0.3 is 0 Å². The van der Waals surface area contributed by atoms with Gasteiger partial charge in [0.1, 0.15) is 5.69 Å². The van der Waals surface area contributed by atoms with Gasteiger partial charge in [-0.25, -0.2) is 0 Å². The Bertz CT molecular complexity index is 256. The zero-order valence-corrected chi connectivity index (χ0v) is 8.97. The molecule has 13 heavy (non-hydrogen) atoms. The third-order valence-corrected chi connectivity index (χ3v) is 2.54. The Balaban J connectivity index is 2.50. The summed E-state index contributed by atoms with van der Waals surface area (Å²) in [5, 5.41) is 9.95. The highest BCUT2D eigenvalue weighted by Crippen LogP contribution is 1.98. The molecule has 1 unspecified atom stereocenters. The number of nitrogens with zero attached hydrogens (tertiary/aromatic N) is 1. The Hall–Kier alpha value is -0.840. The van der Waals surface area contributed by atoms with E-state index in [1.807, 2.05) is 6.92 Å². The zero-order valence-electron chi connectivity index (χ0n) is 7.38. The molecule has 0 bridgehead atoms. The van der Waals surface area contributed by atoms with Crippen molar-refractivity contribution < 1.29 is 4.79 Å². The van der Waals surface area contributed by atoms with Crippen LogP contribution in [0, 0.1) is 0 Å². The number of hydrogen-bond donors (Lipinski definition) is 2. The molecule has 0 fully saturated rings. The molecule has 0 radical (unpaired) electrons.